The third-order valence-corrected chi connectivity index (χ3v) is 6.05. The van der Waals surface area contributed by atoms with Crippen molar-refractivity contribution in [1.29, 1.82) is 5.41 Å². The Hall–Kier alpha value is -3.46. The second kappa shape index (κ2) is 10.2. The summed E-state index contributed by atoms with van der Waals surface area (Å²) < 4.78 is 25.7. The van der Waals surface area contributed by atoms with Crippen LogP contribution in [0.2, 0.25) is 0 Å². The highest BCUT2D eigenvalue weighted by molar-refractivity contribution is 6.02. The first kappa shape index (κ1) is 23.7. The average molecular weight is 468 g/mol. The molecule has 9 heteroatoms. The zero-order chi connectivity index (χ0) is 24.2. The predicted molar refractivity (Wildman–Crippen MR) is 131 cm³/mol. The van der Waals surface area contributed by atoms with Crippen molar-refractivity contribution in [1.82, 2.24) is 4.90 Å². The molecule has 34 heavy (non-hydrogen) atoms. The molecule has 2 aliphatic heterocycles. The van der Waals surface area contributed by atoms with Crippen molar-refractivity contribution in [3.05, 3.63) is 53.3 Å². The zero-order valence-electron chi connectivity index (χ0n) is 19.7. The molecule has 8 nitrogen and oxygen atoms in total. The molecule has 1 atom stereocenters. The van der Waals surface area contributed by atoms with Crippen molar-refractivity contribution in [2.24, 2.45) is 4.99 Å². The van der Waals surface area contributed by atoms with Crippen molar-refractivity contribution in [3.63, 3.8) is 0 Å². The van der Waals surface area contributed by atoms with Crippen LogP contribution in [0.25, 0.3) is 0 Å². The number of piperazine rings is 1. The number of aliphatic imine (C=N–C) groups is 1. The van der Waals surface area contributed by atoms with Crippen LogP contribution in [0, 0.1) is 11.2 Å². The Labute approximate surface area is 198 Å². The molecule has 2 aromatic rings. The minimum atomic E-state index is -0.666. The lowest BCUT2D eigenvalue weighted by molar-refractivity contribution is -0.123. The molecule has 2 N–H and O–H groups in total. The molecule has 1 amide bonds. The normalized spacial score (nSPS) is 18.6. The number of methoxy groups -OCH3 is 1. The molecule has 2 aromatic carbocycles. The second-order valence-electron chi connectivity index (χ2n) is 8.62. The molecule has 0 aromatic heterocycles. The highest BCUT2D eigenvalue weighted by Crippen LogP contribution is 2.39. The van der Waals surface area contributed by atoms with Crippen molar-refractivity contribution in [2.75, 3.05) is 50.6 Å². The van der Waals surface area contributed by atoms with Crippen LogP contribution >= 0.6 is 0 Å². The molecule has 1 unspecified atom stereocenters. The maximum Gasteiger partial charge on any atom is 0.265 e. The van der Waals surface area contributed by atoms with E-state index in [9.17, 15) is 9.18 Å². The van der Waals surface area contributed by atoms with Gasteiger partial charge in [-0.2, -0.15) is 4.99 Å². The van der Waals surface area contributed by atoms with Crippen LogP contribution in [0.4, 0.5) is 15.8 Å². The minimum absolute atomic E-state index is 0.139. The van der Waals surface area contributed by atoms with Crippen molar-refractivity contribution in [2.45, 2.75) is 25.9 Å². The van der Waals surface area contributed by atoms with Gasteiger partial charge in [-0.1, -0.05) is 0 Å². The van der Waals surface area contributed by atoms with Gasteiger partial charge in [0, 0.05) is 43.5 Å². The number of nitrogens with zero attached hydrogens (tertiary/aromatic N) is 3. The van der Waals surface area contributed by atoms with Gasteiger partial charge in [0.25, 0.3) is 5.91 Å². The van der Waals surface area contributed by atoms with Gasteiger partial charge >= 0.3 is 0 Å². The Morgan fingerprint density at radius 2 is 1.91 bits per heavy atom. The number of carbonyl (C=O) groups is 1. The number of rotatable bonds is 4. The average Bonchev–Trinajstić information content (AvgIpc) is 2.82. The van der Waals surface area contributed by atoms with Gasteiger partial charge < -0.3 is 24.6 Å². The highest BCUT2D eigenvalue weighted by Gasteiger charge is 2.30. The van der Waals surface area contributed by atoms with E-state index in [1.54, 1.807) is 31.2 Å². The van der Waals surface area contributed by atoms with E-state index in [2.05, 4.69) is 27.2 Å². The smallest absolute Gasteiger partial charge is 0.265 e. The number of nitrogens with one attached hydrogen (secondary N) is 2. The standard InChI is InChI=1S/C25H30FN5O3/c1-16(27)28-25(33-3)17-4-7-20(8-5-17)29-24(32)22-9-6-18-14-19(26)15-21(23(18)34-22)31-12-10-30(2)11-13-31/h4-5,7-8,14-15,22,27H,6,9-13H2,1-3H3,(H,29,32). The van der Waals surface area contributed by atoms with Gasteiger partial charge in [0.2, 0.25) is 5.90 Å². The molecule has 180 valence electrons. The number of hydrogen-bond donors (Lipinski definition) is 2. The Balaban J connectivity index is 1.47. The van der Waals surface area contributed by atoms with Gasteiger partial charge in [-0.05, 0) is 62.7 Å². The Morgan fingerprint density at radius 1 is 1.21 bits per heavy atom. The van der Waals surface area contributed by atoms with Crippen LogP contribution in [0.1, 0.15) is 24.5 Å². The molecular weight excluding hydrogens is 437 g/mol. The zero-order valence-corrected chi connectivity index (χ0v) is 19.7. The first-order valence-electron chi connectivity index (χ1n) is 11.4. The molecule has 1 fully saturated rings. The predicted octanol–water partition coefficient (Wildman–Crippen LogP) is 3.30. The molecule has 2 heterocycles. The fourth-order valence-electron chi connectivity index (χ4n) is 4.21. The second-order valence-corrected chi connectivity index (χ2v) is 8.62. The number of benzene rings is 2. The highest BCUT2D eigenvalue weighted by atomic mass is 19.1. The summed E-state index contributed by atoms with van der Waals surface area (Å²) in [7, 11) is 3.57. The van der Waals surface area contributed by atoms with Crippen LogP contribution < -0.4 is 15.0 Å². The van der Waals surface area contributed by atoms with Gasteiger partial charge in [-0.25, -0.2) is 4.39 Å². The van der Waals surface area contributed by atoms with Crippen LogP contribution in [-0.4, -0.2) is 69.0 Å². The first-order chi connectivity index (χ1) is 16.3. The third kappa shape index (κ3) is 5.36. The quantitative estimate of drug-likeness (QED) is 0.532. The monoisotopic (exact) mass is 467 g/mol. The number of carbonyl (C=O) groups excluding carboxylic acids is 1. The molecule has 0 bridgehead atoms. The topological polar surface area (TPSA) is 90.2 Å². The van der Waals surface area contributed by atoms with E-state index < -0.39 is 6.10 Å². The fraction of sp³-hybridized carbons (Fsp3) is 0.400. The van der Waals surface area contributed by atoms with Crippen LogP contribution in [0.3, 0.4) is 0 Å². The summed E-state index contributed by atoms with van der Waals surface area (Å²) in [6, 6.07) is 10.1. The lowest BCUT2D eigenvalue weighted by atomic mass is 9.99. The summed E-state index contributed by atoms with van der Waals surface area (Å²) in [6.07, 6.45) is 0.379. The molecular formula is C25H30FN5O3. The molecule has 0 saturated carbocycles. The van der Waals surface area contributed by atoms with Crippen LogP contribution in [-0.2, 0) is 16.0 Å². The lowest BCUT2D eigenvalue weighted by Gasteiger charge is -2.37. The van der Waals surface area contributed by atoms with Gasteiger partial charge in [0.05, 0.1) is 12.8 Å². The molecule has 0 aliphatic carbocycles. The maximum atomic E-state index is 14.3. The molecule has 2 aliphatic rings. The van der Waals surface area contributed by atoms with Gasteiger partial charge in [-0.3, -0.25) is 10.2 Å². The first-order valence-corrected chi connectivity index (χ1v) is 11.4. The Bertz CT molecular complexity index is 1090. The maximum absolute atomic E-state index is 14.3. The summed E-state index contributed by atoms with van der Waals surface area (Å²) >= 11 is 0. The number of hydrogen-bond acceptors (Lipinski definition) is 6. The van der Waals surface area contributed by atoms with E-state index in [0.29, 0.717) is 35.7 Å². The van der Waals surface area contributed by atoms with E-state index in [1.807, 2.05) is 0 Å². The minimum Gasteiger partial charge on any atom is -0.481 e. The number of amides is 1. The number of halogens is 1. The van der Waals surface area contributed by atoms with E-state index in [1.165, 1.54) is 19.2 Å². The summed E-state index contributed by atoms with van der Waals surface area (Å²) in [5.74, 6) is 0.552. The van der Waals surface area contributed by atoms with Gasteiger partial charge in [0.1, 0.15) is 17.4 Å². The third-order valence-electron chi connectivity index (χ3n) is 6.05. The molecule has 1 saturated heterocycles. The number of aryl methyl sites for hydroxylation is 1. The summed E-state index contributed by atoms with van der Waals surface area (Å²) in [5.41, 5.74) is 2.84. The van der Waals surface area contributed by atoms with Gasteiger partial charge in [-0.15, -0.1) is 0 Å². The molecule has 0 spiro atoms. The van der Waals surface area contributed by atoms with Crippen LogP contribution in [0.5, 0.6) is 5.75 Å². The molecule has 4 rings (SSSR count). The van der Waals surface area contributed by atoms with Crippen molar-refractivity contribution >= 4 is 29.0 Å². The summed E-state index contributed by atoms with van der Waals surface area (Å²) in [6.45, 7) is 4.91. The molecule has 0 radical (unpaired) electrons. The number of amidine groups is 1. The number of fused-ring (bicyclic) bond motifs is 1. The SMILES string of the molecule is COC(=NC(C)=N)c1ccc(NC(=O)C2CCc3cc(F)cc(N4CCN(C)CC4)c3O2)cc1. The Morgan fingerprint density at radius 3 is 2.56 bits per heavy atom. The largest absolute Gasteiger partial charge is 0.481 e. The Kier molecular flexibility index (Phi) is 7.12. The van der Waals surface area contributed by atoms with E-state index >= 15 is 0 Å². The number of likely N-dealkylation sites (N-methyl/N-ethyl adjacent to an activating group) is 1. The van der Waals surface area contributed by atoms with E-state index in [0.717, 1.165) is 37.4 Å². The van der Waals surface area contributed by atoms with Gasteiger partial charge in [0.15, 0.2) is 6.10 Å². The van der Waals surface area contributed by atoms with Crippen LogP contribution in [0.15, 0.2) is 41.4 Å². The van der Waals surface area contributed by atoms with Crippen molar-refractivity contribution in [3.8, 4) is 5.75 Å². The number of anilines is 2. The summed E-state index contributed by atoms with van der Waals surface area (Å²) in [4.78, 5) is 21.4. The fourth-order valence-corrected chi connectivity index (χ4v) is 4.21. The van der Waals surface area contributed by atoms with E-state index in [4.69, 9.17) is 14.9 Å². The summed E-state index contributed by atoms with van der Waals surface area (Å²) in [5, 5.41) is 10.4. The lowest BCUT2D eigenvalue weighted by Crippen LogP contribution is -2.45. The van der Waals surface area contributed by atoms with E-state index in [-0.39, 0.29) is 17.6 Å². The van der Waals surface area contributed by atoms with Crippen molar-refractivity contribution < 1.29 is 18.7 Å². The number of ether oxygens (including phenoxy) is 2.